The number of fused-ring (bicyclic) bond motifs is 1. The molecule has 0 amide bonds. The molecule has 2 aromatic carbocycles. The zero-order chi connectivity index (χ0) is 15.7. The fourth-order valence-electron chi connectivity index (χ4n) is 2.50. The summed E-state index contributed by atoms with van der Waals surface area (Å²) in [5.74, 6) is 0. The van der Waals surface area contributed by atoms with Gasteiger partial charge in [-0.1, -0.05) is 42.0 Å². The second kappa shape index (κ2) is 5.60. The number of hydrogen-bond donors (Lipinski definition) is 0. The van der Waals surface area contributed by atoms with Gasteiger partial charge in [-0.25, -0.2) is 4.98 Å². The Hall–Kier alpha value is -2.68. The van der Waals surface area contributed by atoms with Crippen LogP contribution in [0.2, 0.25) is 0 Å². The van der Waals surface area contributed by atoms with Crippen LogP contribution in [0.1, 0.15) is 23.7 Å². The lowest BCUT2D eigenvalue weighted by atomic mass is 10.0. The Labute approximate surface area is 129 Å². The van der Waals surface area contributed by atoms with Crippen molar-refractivity contribution in [2.45, 2.75) is 13.8 Å². The Bertz CT molecular complexity index is 918. The molecular formula is C19H18N2O. The number of nitrogens with zero attached hydrogens (tertiary/aromatic N) is 2. The number of allylic oxidation sites excluding steroid dienone is 1. The van der Waals surface area contributed by atoms with Gasteiger partial charge in [-0.15, -0.1) is 0 Å². The van der Waals surface area contributed by atoms with E-state index < -0.39 is 0 Å². The molecule has 0 unspecified atom stereocenters. The number of aromatic nitrogens is 2. The molecule has 1 heterocycles. The average Bonchev–Trinajstić information content (AvgIpc) is 2.53. The fourth-order valence-corrected chi connectivity index (χ4v) is 2.50. The van der Waals surface area contributed by atoms with Gasteiger partial charge in [0, 0.05) is 7.05 Å². The van der Waals surface area contributed by atoms with E-state index in [9.17, 15) is 4.79 Å². The maximum Gasteiger partial charge on any atom is 0.276 e. The highest BCUT2D eigenvalue weighted by molar-refractivity contribution is 5.81. The highest BCUT2D eigenvalue weighted by Gasteiger charge is 2.07. The summed E-state index contributed by atoms with van der Waals surface area (Å²) in [5, 5.41) is 0. The summed E-state index contributed by atoms with van der Waals surface area (Å²) in [6, 6.07) is 15.9. The molecule has 3 heteroatoms. The van der Waals surface area contributed by atoms with Gasteiger partial charge in [-0.05, 0) is 43.2 Å². The molecule has 0 spiro atoms. The largest absolute Gasteiger partial charge is 0.308 e. The predicted molar refractivity (Wildman–Crippen MR) is 91.7 cm³/mol. The third kappa shape index (κ3) is 2.58. The first-order chi connectivity index (χ1) is 10.6. The summed E-state index contributed by atoms with van der Waals surface area (Å²) >= 11 is 0. The monoisotopic (exact) mass is 290 g/mol. The number of para-hydroxylation sites is 2. The molecule has 3 aromatic rings. The van der Waals surface area contributed by atoms with Crippen LogP contribution in [0.3, 0.4) is 0 Å². The molecule has 0 aliphatic rings. The third-order valence-electron chi connectivity index (χ3n) is 3.87. The summed E-state index contributed by atoms with van der Waals surface area (Å²) in [6.45, 7) is 4.06. The molecule has 0 bridgehead atoms. The molecule has 3 rings (SSSR count). The molecule has 3 nitrogen and oxygen atoms in total. The van der Waals surface area contributed by atoms with E-state index in [1.54, 1.807) is 11.6 Å². The minimum absolute atomic E-state index is 0.0786. The Balaban J connectivity index is 2.14. The quantitative estimate of drug-likeness (QED) is 0.719. The minimum atomic E-state index is -0.0786. The fraction of sp³-hybridized carbons (Fsp3) is 0.158. The molecule has 0 aliphatic heterocycles. The van der Waals surface area contributed by atoms with Crippen molar-refractivity contribution in [1.82, 2.24) is 9.55 Å². The van der Waals surface area contributed by atoms with E-state index in [2.05, 4.69) is 36.2 Å². The lowest BCUT2D eigenvalue weighted by Crippen LogP contribution is -2.21. The molecule has 110 valence electrons. The molecule has 22 heavy (non-hydrogen) atoms. The van der Waals surface area contributed by atoms with Gasteiger partial charge >= 0.3 is 0 Å². The van der Waals surface area contributed by atoms with Crippen molar-refractivity contribution >= 4 is 22.7 Å². The zero-order valence-corrected chi connectivity index (χ0v) is 13.0. The normalized spacial score (nSPS) is 11.9. The SMILES string of the molecule is CC(=Cc1nc2ccccc2n(C)c1=O)c1ccc(C)cc1. The lowest BCUT2D eigenvalue weighted by Gasteiger charge is -2.07. The minimum Gasteiger partial charge on any atom is -0.308 e. The summed E-state index contributed by atoms with van der Waals surface area (Å²) in [7, 11) is 1.78. The predicted octanol–water partition coefficient (Wildman–Crippen LogP) is 3.80. The molecular weight excluding hydrogens is 272 g/mol. The van der Waals surface area contributed by atoms with Crippen LogP contribution in [0.4, 0.5) is 0 Å². The Morgan fingerprint density at radius 2 is 1.77 bits per heavy atom. The van der Waals surface area contributed by atoms with Crippen molar-refractivity contribution in [2.24, 2.45) is 7.05 Å². The molecule has 0 aliphatic carbocycles. The summed E-state index contributed by atoms with van der Waals surface area (Å²) in [6.07, 6.45) is 1.86. The van der Waals surface area contributed by atoms with Crippen molar-refractivity contribution < 1.29 is 0 Å². The standard InChI is InChI=1S/C19H18N2O/c1-13-8-10-15(11-9-13)14(2)12-17-19(22)21(3)18-7-5-4-6-16(18)20-17/h4-12H,1-3H3. The average molecular weight is 290 g/mol. The van der Waals surface area contributed by atoms with Gasteiger partial charge in [-0.2, -0.15) is 0 Å². The van der Waals surface area contributed by atoms with E-state index in [1.165, 1.54) is 5.56 Å². The van der Waals surface area contributed by atoms with Crippen LogP contribution in [0.25, 0.3) is 22.7 Å². The van der Waals surface area contributed by atoms with Crippen molar-refractivity contribution in [3.05, 3.63) is 75.7 Å². The van der Waals surface area contributed by atoms with Gasteiger partial charge in [0.25, 0.3) is 5.56 Å². The molecule has 0 N–H and O–H groups in total. The van der Waals surface area contributed by atoms with Gasteiger partial charge in [0.2, 0.25) is 0 Å². The number of hydrogen-bond acceptors (Lipinski definition) is 2. The summed E-state index contributed by atoms with van der Waals surface area (Å²) < 4.78 is 1.65. The van der Waals surface area contributed by atoms with Crippen LogP contribution in [0, 0.1) is 6.92 Å². The molecule has 0 saturated carbocycles. The van der Waals surface area contributed by atoms with Crippen molar-refractivity contribution in [1.29, 1.82) is 0 Å². The topological polar surface area (TPSA) is 34.9 Å². The van der Waals surface area contributed by atoms with E-state index in [4.69, 9.17) is 0 Å². The van der Waals surface area contributed by atoms with E-state index in [1.807, 2.05) is 37.3 Å². The van der Waals surface area contributed by atoms with E-state index in [-0.39, 0.29) is 5.56 Å². The van der Waals surface area contributed by atoms with Crippen molar-refractivity contribution in [2.75, 3.05) is 0 Å². The second-order valence-electron chi connectivity index (χ2n) is 5.54. The summed E-state index contributed by atoms with van der Waals surface area (Å²) in [5.41, 5.74) is 5.41. The molecule has 0 saturated heterocycles. The smallest absolute Gasteiger partial charge is 0.276 e. The first-order valence-electron chi connectivity index (χ1n) is 7.27. The lowest BCUT2D eigenvalue weighted by molar-refractivity contribution is 0.886. The van der Waals surface area contributed by atoms with Gasteiger partial charge in [0.05, 0.1) is 11.0 Å². The highest BCUT2D eigenvalue weighted by atomic mass is 16.1. The van der Waals surface area contributed by atoms with E-state index >= 15 is 0 Å². The Kier molecular flexibility index (Phi) is 3.63. The second-order valence-corrected chi connectivity index (χ2v) is 5.54. The van der Waals surface area contributed by atoms with E-state index in [0.717, 1.165) is 22.2 Å². The van der Waals surface area contributed by atoms with Gasteiger partial charge < -0.3 is 4.57 Å². The molecule has 0 radical (unpaired) electrons. The van der Waals surface area contributed by atoms with Crippen LogP contribution >= 0.6 is 0 Å². The maximum absolute atomic E-state index is 12.5. The molecule has 0 atom stereocenters. The van der Waals surface area contributed by atoms with Crippen LogP contribution in [-0.4, -0.2) is 9.55 Å². The highest BCUT2D eigenvalue weighted by Crippen LogP contribution is 2.17. The number of aryl methyl sites for hydroxylation is 2. The number of benzene rings is 2. The zero-order valence-electron chi connectivity index (χ0n) is 13.0. The first kappa shape index (κ1) is 14.3. The van der Waals surface area contributed by atoms with Crippen LogP contribution in [0.5, 0.6) is 0 Å². The van der Waals surface area contributed by atoms with Crippen LogP contribution in [0.15, 0.2) is 53.3 Å². The van der Waals surface area contributed by atoms with Crippen LogP contribution in [-0.2, 0) is 7.05 Å². The number of rotatable bonds is 2. The molecule has 1 aromatic heterocycles. The van der Waals surface area contributed by atoms with Gasteiger partial charge in [-0.3, -0.25) is 4.79 Å². The van der Waals surface area contributed by atoms with Crippen molar-refractivity contribution in [3.63, 3.8) is 0 Å². The van der Waals surface area contributed by atoms with Gasteiger partial charge in [0.1, 0.15) is 5.69 Å². The Morgan fingerprint density at radius 3 is 2.50 bits per heavy atom. The Morgan fingerprint density at radius 1 is 1.09 bits per heavy atom. The van der Waals surface area contributed by atoms with Crippen molar-refractivity contribution in [3.8, 4) is 0 Å². The maximum atomic E-state index is 12.5. The van der Waals surface area contributed by atoms with Gasteiger partial charge in [0.15, 0.2) is 0 Å². The van der Waals surface area contributed by atoms with E-state index in [0.29, 0.717) is 5.69 Å². The first-order valence-corrected chi connectivity index (χ1v) is 7.27. The third-order valence-corrected chi connectivity index (χ3v) is 3.87. The van der Waals surface area contributed by atoms with Crippen LogP contribution < -0.4 is 5.56 Å². The molecule has 0 fully saturated rings. The summed E-state index contributed by atoms with van der Waals surface area (Å²) in [4.78, 5) is 17.0.